The third-order valence-electron chi connectivity index (χ3n) is 2.17. The minimum Gasteiger partial charge on any atom is -0.256 e. The van der Waals surface area contributed by atoms with Crippen molar-refractivity contribution in [1.29, 1.82) is 0 Å². The lowest BCUT2D eigenvalue weighted by Gasteiger charge is -2.00. The van der Waals surface area contributed by atoms with E-state index >= 15 is 0 Å². The minimum absolute atomic E-state index is 0.603. The summed E-state index contributed by atoms with van der Waals surface area (Å²) in [6.07, 6.45) is 1.69. The van der Waals surface area contributed by atoms with Gasteiger partial charge in [0.25, 0.3) is 0 Å². The molecule has 17 heavy (non-hydrogen) atoms. The second kappa shape index (κ2) is 5.85. The third kappa shape index (κ3) is 3.44. The van der Waals surface area contributed by atoms with Gasteiger partial charge in [0.1, 0.15) is 0 Å². The summed E-state index contributed by atoms with van der Waals surface area (Å²) in [6.45, 7) is 0. The highest BCUT2D eigenvalue weighted by Crippen LogP contribution is 2.23. The van der Waals surface area contributed by atoms with Gasteiger partial charge in [-0.15, -0.1) is 0 Å². The van der Waals surface area contributed by atoms with Crippen LogP contribution in [0.3, 0.4) is 0 Å². The number of benzene rings is 2. The zero-order valence-electron chi connectivity index (χ0n) is 8.70. The lowest BCUT2D eigenvalue weighted by molar-refractivity contribution is 1.51. The Hall–Kier alpha value is -0.580. The predicted molar refractivity (Wildman–Crippen MR) is 82.9 cm³/mol. The fraction of sp³-hybridized carbons (Fsp3) is 0. The molecule has 2 aromatic carbocycles. The van der Waals surface area contributed by atoms with Gasteiger partial charge in [-0.3, -0.25) is 4.99 Å². The van der Waals surface area contributed by atoms with Gasteiger partial charge in [0.15, 0.2) is 0 Å². The molecule has 0 saturated heterocycles. The van der Waals surface area contributed by atoms with Crippen molar-refractivity contribution in [3.63, 3.8) is 0 Å². The zero-order valence-corrected chi connectivity index (χ0v) is 12.4. The second-order valence-corrected chi connectivity index (χ2v) is 5.43. The number of halogens is 3. The molecule has 0 aliphatic heterocycles. The van der Waals surface area contributed by atoms with Gasteiger partial charge in [-0.2, -0.15) is 0 Å². The van der Waals surface area contributed by atoms with Crippen LogP contribution >= 0.6 is 45.8 Å². The molecule has 4 heteroatoms. The highest BCUT2D eigenvalue weighted by Gasteiger charge is 2.01. The van der Waals surface area contributed by atoms with Crippen molar-refractivity contribution in [1.82, 2.24) is 0 Å². The highest BCUT2D eigenvalue weighted by molar-refractivity contribution is 14.1. The molecule has 2 aromatic rings. The Labute approximate surface area is 124 Å². The standard InChI is InChI=1S/C13H8Cl2IN/c14-12-2-1-3-13(15)11(12)8-17-10-6-4-9(16)5-7-10/h1-8H. The van der Waals surface area contributed by atoms with Crippen molar-refractivity contribution in [2.45, 2.75) is 0 Å². The maximum absolute atomic E-state index is 6.04. The van der Waals surface area contributed by atoms with E-state index in [1.807, 2.05) is 30.3 Å². The van der Waals surface area contributed by atoms with E-state index in [1.165, 1.54) is 3.57 Å². The number of aliphatic imine (C=N–C) groups is 1. The largest absolute Gasteiger partial charge is 0.256 e. The summed E-state index contributed by atoms with van der Waals surface area (Å²) in [6, 6.07) is 13.3. The van der Waals surface area contributed by atoms with Gasteiger partial charge in [0.2, 0.25) is 0 Å². The van der Waals surface area contributed by atoms with Crippen LogP contribution in [0.1, 0.15) is 5.56 Å². The van der Waals surface area contributed by atoms with Gasteiger partial charge in [-0.05, 0) is 59.0 Å². The van der Waals surface area contributed by atoms with Crippen LogP contribution in [-0.2, 0) is 0 Å². The Morgan fingerprint density at radius 2 is 1.53 bits per heavy atom. The molecule has 0 amide bonds. The Bertz CT molecular complexity index is 530. The lowest BCUT2D eigenvalue weighted by atomic mass is 10.2. The molecule has 0 bridgehead atoms. The SMILES string of the molecule is Clc1cccc(Cl)c1C=Nc1ccc(I)cc1. The molecule has 0 saturated carbocycles. The molecule has 0 aliphatic carbocycles. The van der Waals surface area contributed by atoms with Crippen LogP contribution in [0.15, 0.2) is 47.5 Å². The average molecular weight is 376 g/mol. The summed E-state index contributed by atoms with van der Waals surface area (Å²) in [5.41, 5.74) is 1.62. The van der Waals surface area contributed by atoms with Crippen molar-refractivity contribution < 1.29 is 0 Å². The number of nitrogens with zero attached hydrogens (tertiary/aromatic N) is 1. The van der Waals surface area contributed by atoms with Crippen LogP contribution in [0.25, 0.3) is 0 Å². The molecule has 0 aromatic heterocycles. The number of hydrogen-bond donors (Lipinski definition) is 0. The fourth-order valence-corrected chi connectivity index (χ4v) is 2.15. The zero-order chi connectivity index (χ0) is 12.3. The van der Waals surface area contributed by atoms with E-state index < -0.39 is 0 Å². The second-order valence-electron chi connectivity index (χ2n) is 3.37. The number of hydrogen-bond acceptors (Lipinski definition) is 1. The highest BCUT2D eigenvalue weighted by atomic mass is 127. The molecule has 2 rings (SSSR count). The Morgan fingerprint density at radius 3 is 2.12 bits per heavy atom. The summed E-state index contributed by atoms with van der Waals surface area (Å²) < 4.78 is 1.18. The summed E-state index contributed by atoms with van der Waals surface area (Å²) >= 11 is 14.3. The first kappa shape index (κ1) is 12.9. The third-order valence-corrected chi connectivity index (χ3v) is 3.55. The van der Waals surface area contributed by atoms with Gasteiger partial charge in [0, 0.05) is 15.3 Å². The van der Waals surface area contributed by atoms with E-state index in [-0.39, 0.29) is 0 Å². The van der Waals surface area contributed by atoms with Crippen LogP contribution < -0.4 is 0 Å². The molecule has 1 nitrogen and oxygen atoms in total. The first-order valence-corrected chi connectivity index (χ1v) is 6.74. The Kier molecular flexibility index (Phi) is 4.42. The first-order chi connectivity index (χ1) is 8.16. The van der Waals surface area contributed by atoms with Gasteiger partial charge in [0.05, 0.1) is 15.7 Å². The summed E-state index contributed by atoms with van der Waals surface area (Å²) in [4.78, 5) is 4.34. The van der Waals surface area contributed by atoms with E-state index in [0.717, 1.165) is 11.3 Å². The van der Waals surface area contributed by atoms with E-state index in [4.69, 9.17) is 23.2 Å². The normalized spacial score (nSPS) is 11.0. The fourth-order valence-electron chi connectivity index (χ4n) is 1.30. The molecule has 0 spiro atoms. The van der Waals surface area contributed by atoms with Crippen molar-refractivity contribution >= 4 is 57.7 Å². The Balaban J connectivity index is 2.29. The van der Waals surface area contributed by atoms with Gasteiger partial charge < -0.3 is 0 Å². The maximum atomic E-state index is 6.04. The molecule has 0 aliphatic rings. The molecule has 86 valence electrons. The van der Waals surface area contributed by atoms with Crippen LogP contribution in [0.2, 0.25) is 10.0 Å². The molecule has 0 heterocycles. The van der Waals surface area contributed by atoms with Gasteiger partial charge >= 0.3 is 0 Å². The number of rotatable bonds is 2. The average Bonchev–Trinajstić information content (AvgIpc) is 2.31. The topological polar surface area (TPSA) is 12.4 Å². The predicted octanol–water partition coefficient (Wildman–Crippen LogP) is 5.35. The van der Waals surface area contributed by atoms with Crippen molar-refractivity contribution in [2.24, 2.45) is 4.99 Å². The minimum atomic E-state index is 0.603. The molecular weight excluding hydrogens is 368 g/mol. The lowest BCUT2D eigenvalue weighted by Crippen LogP contribution is -1.84. The van der Waals surface area contributed by atoms with E-state index in [9.17, 15) is 0 Å². The maximum Gasteiger partial charge on any atom is 0.0630 e. The smallest absolute Gasteiger partial charge is 0.0630 e. The summed E-state index contributed by atoms with van der Waals surface area (Å²) in [5.74, 6) is 0. The van der Waals surface area contributed by atoms with Crippen molar-refractivity contribution in [3.8, 4) is 0 Å². The quantitative estimate of drug-likeness (QED) is 0.495. The van der Waals surface area contributed by atoms with Crippen LogP contribution in [0, 0.1) is 3.57 Å². The van der Waals surface area contributed by atoms with Gasteiger partial charge in [-0.25, -0.2) is 0 Å². The molecular formula is C13H8Cl2IN. The molecule has 0 N–H and O–H groups in total. The van der Waals surface area contributed by atoms with E-state index in [0.29, 0.717) is 10.0 Å². The van der Waals surface area contributed by atoms with Gasteiger partial charge in [-0.1, -0.05) is 29.3 Å². The van der Waals surface area contributed by atoms with Crippen LogP contribution in [0.4, 0.5) is 5.69 Å². The monoisotopic (exact) mass is 375 g/mol. The summed E-state index contributed by atoms with van der Waals surface area (Å²) in [7, 11) is 0. The van der Waals surface area contributed by atoms with Crippen LogP contribution in [0.5, 0.6) is 0 Å². The van der Waals surface area contributed by atoms with Crippen molar-refractivity contribution in [3.05, 3.63) is 61.6 Å². The molecule has 0 unspecified atom stereocenters. The van der Waals surface area contributed by atoms with Crippen LogP contribution in [-0.4, -0.2) is 6.21 Å². The molecule has 0 fully saturated rings. The first-order valence-electron chi connectivity index (χ1n) is 4.90. The molecule has 0 radical (unpaired) electrons. The Morgan fingerprint density at radius 1 is 0.941 bits per heavy atom. The van der Waals surface area contributed by atoms with E-state index in [1.54, 1.807) is 18.3 Å². The van der Waals surface area contributed by atoms with E-state index in [2.05, 4.69) is 27.6 Å². The molecule has 0 atom stereocenters. The summed E-state index contributed by atoms with van der Waals surface area (Å²) in [5, 5.41) is 1.21. The van der Waals surface area contributed by atoms with Crippen molar-refractivity contribution in [2.75, 3.05) is 0 Å².